The quantitative estimate of drug-likeness (QED) is 0.284. The minimum Gasteiger partial charge on any atom is -0.475 e. The normalized spacial score (nSPS) is 11.0. The highest BCUT2D eigenvalue weighted by Crippen LogP contribution is 2.22. The molecule has 0 aliphatic heterocycles. The second kappa shape index (κ2) is 11.0. The molecule has 0 fully saturated rings. The fourth-order valence-electron chi connectivity index (χ4n) is 3.60. The number of carbonyl (C=O) groups is 3. The Bertz CT molecular complexity index is 1680. The summed E-state index contributed by atoms with van der Waals surface area (Å²) in [5.74, 6) is 1.40. The van der Waals surface area contributed by atoms with Crippen molar-refractivity contribution in [1.29, 1.82) is 0 Å². The molecule has 10 nitrogen and oxygen atoms in total. The van der Waals surface area contributed by atoms with Crippen molar-refractivity contribution in [3.05, 3.63) is 96.3 Å². The second-order valence-corrected chi connectivity index (χ2v) is 7.90. The number of aliphatic carboxylic acids is 1. The molecule has 0 saturated carbocycles. The number of alkyl halides is 3. The molecule has 2 heterocycles. The highest BCUT2D eigenvalue weighted by Gasteiger charge is 2.38. The Kier molecular flexibility index (Phi) is 7.53. The van der Waals surface area contributed by atoms with Gasteiger partial charge in [0.25, 0.3) is 5.91 Å². The number of rotatable bonds is 4. The van der Waals surface area contributed by atoms with Crippen LogP contribution >= 0.6 is 0 Å². The van der Waals surface area contributed by atoms with Crippen molar-refractivity contribution in [3.63, 3.8) is 0 Å². The zero-order valence-electron chi connectivity index (χ0n) is 19.7. The maximum absolute atomic E-state index is 12.8. The number of amides is 1. The van der Waals surface area contributed by atoms with E-state index < -0.39 is 18.1 Å². The maximum Gasteiger partial charge on any atom is 0.490 e. The predicted octanol–water partition coefficient (Wildman–Crippen LogP) is 4.49. The number of benzene rings is 3. The van der Waals surface area contributed by atoms with E-state index in [-0.39, 0.29) is 11.5 Å². The van der Waals surface area contributed by atoms with Crippen LogP contribution in [-0.2, 0) is 9.63 Å². The average molecular weight is 537 g/mol. The number of nitrogens with two attached hydrogens (primary N) is 1. The molecule has 198 valence electrons. The van der Waals surface area contributed by atoms with E-state index in [0.29, 0.717) is 16.8 Å². The Hall–Kier alpha value is -5.30. The smallest absolute Gasteiger partial charge is 0.475 e. The zero-order chi connectivity index (χ0) is 28.2. The van der Waals surface area contributed by atoms with Crippen LogP contribution in [0, 0.1) is 0 Å². The maximum atomic E-state index is 12.8. The summed E-state index contributed by atoms with van der Waals surface area (Å²) in [6.07, 6.45) is -1.66. The molecule has 0 aliphatic carbocycles. The van der Waals surface area contributed by atoms with Gasteiger partial charge in [0.05, 0.1) is 22.3 Å². The van der Waals surface area contributed by atoms with E-state index in [9.17, 15) is 22.8 Å². The number of hydrogen-bond acceptors (Lipinski definition) is 7. The van der Waals surface area contributed by atoms with Crippen LogP contribution in [0.3, 0.4) is 0 Å². The lowest BCUT2D eigenvalue weighted by Crippen LogP contribution is -2.21. The molecule has 0 atom stereocenters. The van der Waals surface area contributed by atoms with Gasteiger partial charge in [0.2, 0.25) is 0 Å². The van der Waals surface area contributed by atoms with Crippen molar-refractivity contribution in [3.8, 4) is 5.69 Å². The third-order valence-corrected chi connectivity index (χ3v) is 5.39. The van der Waals surface area contributed by atoms with Crippen molar-refractivity contribution in [2.75, 3.05) is 5.32 Å². The number of halogens is 3. The van der Waals surface area contributed by atoms with Crippen molar-refractivity contribution < 1.29 is 37.5 Å². The third-order valence-electron chi connectivity index (χ3n) is 5.39. The van der Waals surface area contributed by atoms with Gasteiger partial charge >= 0.3 is 18.1 Å². The second-order valence-electron chi connectivity index (χ2n) is 7.90. The number of nitrogens with zero attached hydrogens (tertiary/aromatic N) is 3. The van der Waals surface area contributed by atoms with E-state index in [1.165, 1.54) is 0 Å². The molecule has 4 N–H and O–H groups in total. The Morgan fingerprint density at radius 2 is 1.62 bits per heavy atom. The number of anilines is 1. The molecule has 5 rings (SSSR count). The van der Waals surface area contributed by atoms with Crippen molar-refractivity contribution in [1.82, 2.24) is 14.8 Å². The molecule has 1 amide bonds. The third kappa shape index (κ3) is 5.99. The standard InChI is InChI=1S/C24H17N5O3.C2HF3O2/c25-32-24(31)20-6-3-4-15-14-29(28-22(15)20)17-10-8-16(9-11-17)27-23(30)19-12-13-26-21-7-2-1-5-18(19)21;3-2(4,5)1(6)7/h1-14H,25H2,(H,27,30);(H,6,7). The van der Waals surface area contributed by atoms with Crippen LogP contribution in [0.2, 0.25) is 0 Å². The first-order valence-corrected chi connectivity index (χ1v) is 11.0. The Morgan fingerprint density at radius 3 is 2.28 bits per heavy atom. The number of aromatic nitrogens is 3. The van der Waals surface area contributed by atoms with Crippen molar-refractivity contribution in [2.24, 2.45) is 5.90 Å². The minimum atomic E-state index is -5.08. The van der Waals surface area contributed by atoms with Crippen molar-refractivity contribution in [2.45, 2.75) is 6.18 Å². The summed E-state index contributed by atoms with van der Waals surface area (Å²) in [4.78, 5) is 42.2. The van der Waals surface area contributed by atoms with E-state index >= 15 is 0 Å². The number of fused-ring (bicyclic) bond motifs is 2. The molecule has 5 aromatic rings. The number of pyridine rings is 1. The number of hydrogen-bond donors (Lipinski definition) is 3. The first kappa shape index (κ1) is 26.8. The highest BCUT2D eigenvalue weighted by atomic mass is 19.4. The van der Waals surface area contributed by atoms with Gasteiger partial charge in [0, 0.05) is 28.9 Å². The first-order valence-electron chi connectivity index (χ1n) is 11.0. The Morgan fingerprint density at radius 1 is 0.923 bits per heavy atom. The molecular weight excluding hydrogens is 519 g/mol. The van der Waals surface area contributed by atoms with Gasteiger partial charge in [0.1, 0.15) is 5.52 Å². The van der Waals surface area contributed by atoms with Gasteiger partial charge in [-0.25, -0.2) is 14.3 Å². The van der Waals surface area contributed by atoms with Gasteiger partial charge in [-0.1, -0.05) is 30.3 Å². The fraction of sp³-hybridized carbons (Fsp3) is 0.0385. The summed E-state index contributed by atoms with van der Waals surface area (Å²) in [5.41, 5.74) is 3.50. The van der Waals surface area contributed by atoms with Crippen LogP contribution in [0.4, 0.5) is 18.9 Å². The van der Waals surface area contributed by atoms with Crippen LogP contribution in [0.5, 0.6) is 0 Å². The van der Waals surface area contributed by atoms with E-state index in [2.05, 4.69) is 20.2 Å². The number of carboxylic acid groups (broad SMARTS) is 1. The summed E-state index contributed by atoms with van der Waals surface area (Å²) in [6.45, 7) is 0. The van der Waals surface area contributed by atoms with Crippen LogP contribution in [0.25, 0.3) is 27.5 Å². The van der Waals surface area contributed by atoms with Gasteiger partial charge in [-0.05, 0) is 42.5 Å². The lowest BCUT2D eigenvalue weighted by molar-refractivity contribution is -0.192. The minimum absolute atomic E-state index is 0.217. The molecule has 0 spiro atoms. The molecule has 0 saturated heterocycles. The van der Waals surface area contributed by atoms with Crippen LogP contribution < -0.4 is 11.2 Å². The molecule has 0 aliphatic rings. The van der Waals surface area contributed by atoms with Crippen LogP contribution in [0.15, 0.2) is 85.2 Å². The zero-order valence-corrected chi connectivity index (χ0v) is 19.7. The summed E-state index contributed by atoms with van der Waals surface area (Å²) < 4.78 is 33.4. The molecular formula is C26H18F3N5O5. The number of carboxylic acids is 1. The highest BCUT2D eigenvalue weighted by molar-refractivity contribution is 6.12. The van der Waals surface area contributed by atoms with E-state index in [1.54, 1.807) is 47.4 Å². The molecule has 3 aromatic carbocycles. The predicted molar refractivity (Wildman–Crippen MR) is 134 cm³/mol. The lowest BCUT2D eigenvalue weighted by Gasteiger charge is -2.08. The monoisotopic (exact) mass is 537 g/mol. The van der Waals surface area contributed by atoms with E-state index in [4.69, 9.17) is 15.8 Å². The Labute approximate surface area is 217 Å². The summed E-state index contributed by atoms with van der Waals surface area (Å²) in [5, 5.41) is 16.1. The van der Waals surface area contributed by atoms with Crippen LogP contribution in [0.1, 0.15) is 20.7 Å². The van der Waals surface area contributed by atoms with Crippen molar-refractivity contribution >= 4 is 45.3 Å². The van der Waals surface area contributed by atoms with E-state index in [1.807, 2.05) is 42.5 Å². The van der Waals surface area contributed by atoms with Crippen LogP contribution in [-0.4, -0.2) is 43.9 Å². The fourth-order valence-corrected chi connectivity index (χ4v) is 3.60. The summed E-state index contributed by atoms with van der Waals surface area (Å²) >= 11 is 0. The average Bonchev–Trinajstić information content (AvgIpc) is 3.37. The van der Waals surface area contributed by atoms with E-state index in [0.717, 1.165) is 22.0 Å². The molecule has 13 heteroatoms. The van der Waals surface area contributed by atoms with Gasteiger partial charge < -0.3 is 15.3 Å². The summed E-state index contributed by atoms with van der Waals surface area (Å²) in [7, 11) is 0. The van der Waals surface area contributed by atoms with Gasteiger partial charge in [0.15, 0.2) is 0 Å². The van der Waals surface area contributed by atoms with Gasteiger partial charge in [-0.15, -0.1) is 0 Å². The SMILES string of the molecule is NOC(=O)c1cccc2cn(-c3ccc(NC(=O)c4ccnc5ccccc45)cc3)nc12.O=C(O)C(F)(F)F. The first-order chi connectivity index (χ1) is 18.6. The Balaban J connectivity index is 0.000000448. The molecule has 0 bridgehead atoms. The number of carbonyl (C=O) groups excluding carboxylic acids is 2. The molecule has 2 aromatic heterocycles. The lowest BCUT2D eigenvalue weighted by atomic mass is 10.1. The molecule has 0 unspecified atom stereocenters. The molecule has 0 radical (unpaired) electrons. The van der Waals surface area contributed by atoms with Gasteiger partial charge in [-0.3, -0.25) is 9.78 Å². The largest absolute Gasteiger partial charge is 0.490 e. The summed E-state index contributed by atoms with van der Waals surface area (Å²) in [6, 6.07) is 21.6. The molecule has 39 heavy (non-hydrogen) atoms. The van der Waals surface area contributed by atoms with Gasteiger partial charge in [-0.2, -0.15) is 24.2 Å². The number of nitrogens with one attached hydrogen (secondary N) is 1. The number of para-hydroxylation sites is 1. The topological polar surface area (TPSA) is 149 Å².